The van der Waals surface area contributed by atoms with Gasteiger partial charge in [-0.25, -0.2) is 0 Å². The molecule has 1 N–H and O–H groups in total. The highest BCUT2D eigenvalue weighted by Gasteiger charge is 2.20. The van der Waals surface area contributed by atoms with E-state index in [1.165, 1.54) is 25.9 Å². The first-order chi connectivity index (χ1) is 9.67. The molecule has 0 amide bonds. The Labute approximate surface area is 132 Å². The van der Waals surface area contributed by atoms with Gasteiger partial charge in [-0.3, -0.25) is 4.79 Å². The lowest BCUT2D eigenvalue weighted by Crippen LogP contribution is -3.11. The third-order valence-corrected chi connectivity index (χ3v) is 3.73. The van der Waals surface area contributed by atoms with Crippen LogP contribution in [0.25, 0.3) is 0 Å². The average Bonchev–Trinajstić information content (AvgIpc) is 2.92. The molecule has 0 radical (unpaired) electrons. The van der Waals surface area contributed by atoms with Crippen LogP contribution in [0.1, 0.15) is 25.3 Å². The van der Waals surface area contributed by atoms with Crippen LogP contribution in [0.5, 0.6) is 5.75 Å². The number of esters is 1. The molecule has 1 aromatic rings. The van der Waals surface area contributed by atoms with E-state index in [2.05, 4.69) is 0 Å². The van der Waals surface area contributed by atoms with Crippen molar-refractivity contribution in [3.05, 3.63) is 29.8 Å². The zero-order chi connectivity index (χ0) is 14.4. The van der Waals surface area contributed by atoms with Gasteiger partial charge in [0.15, 0.2) is 0 Å². The van der Waals surface area contributed by atoms with E-state index in [4.69, 9.17) is 9.47 Å². The molecular formula is C16H24ClNO3. The lowest BCUT2D eigenvalue weighted by molar-refractivity contribution is -0.890. The van der Waals surface area contributed by atoms with Gasteiger partial charge in [0.05, 0.1) is 26.6 Å². The van der Waals surface area contributed by atoms with Gasteiger partial charge >= 0.3 is 5.97 Å². The number of benzene rings is 1. The van der Waals surface area contributed by atoms with Gasteiger partial charge in [0.2, 0.25) is 0 Å². The van der Waals surface area contributed by atoms with Crippen molar-refractivity contribution in [1.82, 2.24) is 0 Å². The zero-order valence-corrected chi connectivity index (χ0v) is 13.5. The van der Waals surface area contributed by atoms with Crippen LogP contribution in [0.15, 0.2) is 24.3 Å². The summed E-state index contributed by atoms with van der Waals surface area (Å²) < 4.78 is 10.6. The van der Waals surface area contributed by atoms with E-state index in [1.807, 2.05) is 31.2 Å². The van der Waals surface area contributed by atoms with Crippen molar-refractivity contribution in [2.75, 3.05) is 26.7 Å². The topological polar surface area (TPSA) is 40.0 Å². The molecule has 1 heterocycles. The fourth-order valence-electron chi connectivity index (χ4n) is 2.70. The minimum atomic E-state index is -0.152. The molecule has 2 rings (SSSR count). The van der Waals surface area contributed by atoms with Crippen molar-refractivity contribution in [1.29, 1.82) is 0 Å². The first kappa shape index (κ1) is 17.8. The summed E-state index contributed by atoms with van der Waals surface area (Å²) in [5.74, 6) is 0.648. The lowest BCUT2D eigenvalue weighted by atomic mass is 10.1. The Balaban J connectivity index is 0.00000220. The van der Waals surface area contributed by atoms with Crippen LogP contribution in [-0.2, 0) is 16.0 Å². The molecule has 1 atom stereocenters. The van der Waals surface area contributed by atoms with Crippen LogP contribution in [0, 0.1) is 0 Å². The number of carbonyl (C=O) groups excluding carboxylic acids is 1. The van der Waals surface area contributed by atoms with E-state index in [-0.39, 0.29) is 24.5 Å². The van der Waals surface area contributed by atoms with Gasteiger partial charge in [0, 0.05) is 12.8 Å². The van der Waals surface area contributed by atoms with Crippen LogP contribution in [0.4, 0.5) is 0 Å². The number of nitrogens with one attached hydrogen (secondary N) is 1. The van der Waals surface area contributed by atoms with Crippen LogP contribution in [-0.4, -0.2) is 38.8 Å². The zero-order valence-electron chi connectivity index (χ0n) is 12.7. The quantitative estimate of drug-likeness (QED) is 0.609. The molecular weight excluding hydrogens is 290 g/mol. The molecule has 0 aliphatic carbocycles. The average molecular weight is 314 g/mol. The number of rotatable bonds is 6. The lowest BCUT2D eigenvalue weighted by Gasteiger charge is -2.18. The Morgan fingerprint density at radius 1 is 1.24 bits per heavy atom. The largest absolute Gasteiger partial charge is 1.00 e. The summed E-state index contributed by atoms with van der Waals surface area (Å²) in [5.41, 5.74) is 0.955. The molecule has 1 fully saturated rings. The molecule has 1 unspecified atom stereocenters. The van der Waals surface area contributed by atoms with Crippen molar-refractivity contribution >= 4 is 5.97 Å². The molecule has 1 aliphatic heterocycles. The number of methoxy groups -OCH3 is 1. The molecule has 4 nitrogen and oxygen atoms in total. The highest BCUT2D eigenvalue weighted by Crippen LogP contribution is 2.12. The summed E-state index contributed by atoms with van der Waals surface area (Å²) in [6, 6.07) is 7.52. The van der Waals surface area contributed by atoms with Crippen LogP contribution in [0.3, 0.4) is 0 Å². The summed E-state index contributed by atoms with van der Waals surface area (Å²) in [6.45, 7) is 5.33. The molecule has 0 saturated carbocycles. The normalized spacial score (nSPS) is 16.1. The number of carbonyl (C=O) groups is 1. The molecule has 21 heavy (non-hydrogen) atoms. The Morgan fingerprint density at radius 2 is 1.86 bits per heavy atom. The molecule has 1 aliphatic rings. The molecule has 0 bridgehead atoms. The summed E-state index contributed by atoms with van der Waals surface area (Å²) >= 11 is 0. The second kappa shape index (κ2) is 8.90. The number of quaternary nitrogens is 1. The van der Waals surface area contributed by atoms with Crippen molar-refractivity contribution in [3.63, 3.8) is 0 Å². The maximum Gasteiger partial charge on any atom is 0.310 e. The monoisotopic (exact) mass is 313 g/mol. The summed E-state index contributed by atoms with van der Waals surface area (Å²) in [7, 11) is 1.63. The predicted molar refractivity (Wildman–Crippen MR) is 77.0 cm³/mol. The number of ether oxygens (including phenoxy) is 2. The molecule has 0 aromatic heterocycles. The fourth-order valence-corrected chi connectivity index (χ4v) is 2.70. The van der Waals surface area contributed by atoms with Crippen molar-refractivity contribution in [2.45, 2.75) is 32.3 Å². The van der Waals surface area contributed by atoms with E-state index in [1.54, 1.807) is 12.0 Å². The van der Waals surface area contributed by atoms with E-state index in [0.29, 0.717) is 6.42 Å². The minimum Gasteiger partial charge on any atom is -1.00 e. The standard InChI is InChI=1S/C16H23NO3.ClH/c1-13(12-17-9-3-4-10-17)20-16(18)11-14-5-7-15(19-2)8-6-14;/h5-8,13H,3-4,9-12H2,1-2H3;1H. The number of likely N-dealkylation sites (tertiary alicyclic amines) is 1. The molecule has 1 aromatic carbocycles. The molecule has 0 spiro atoms. The highest BCUT2D eigenvalue weighted by molar-refractivity contribution is 5.72. The highest BCUT2D eigenvalue weighted by atomic mass is 35.5. The predicted octanol–water partition coefficient (Wildman–Crippen LogP) is -2.15. The summed E-state index contributed by atoms with van der Waals surface area (Å²) in [5, 5.41) is 0. The Hall–Kier alpha value is -1.26. The molecule has 118 valence electrons. The number of hydrogen-bond acceptors (Lipinski definition) is 3. The van der Waals surface area contributed by atoms with Crippen LogP contribution < -0.4 is 22.0 Å². The molecule has 1 saturated heterocycles. The van der Waals surface area contributed by atoms with Gasteiger partial charge in [-0.05, 0) is 24.6 Å². The third-order valence-electron chi connectivity index (χ3n) is 3.73. The second-order valence-electron chi connectivity index (χ2n) is 5.49. The maximum absolute atomic E-state index is 11.9. The number of hydrogen-bond donors (Lipinski definition) is 1. The van der Waals surface area contributed by atoms with Gasteiger partial charge in [-0.2, -0.15) is 0 Å². The Morgan fingerprint density at radius 3 is 2.43 bits per heavy atom. The van der Waals surface area contributed by atoms with E-state index >= 15 is 0 Å². The minimum absolute atomic E-state index is 0. The SMILES string of the molecule is COc1ccc(CC(=O)OC(C)C[NH+]2CCCC2)cc1.[Cl-]. The second-order valence-corrected chi connectivity index (χ2v) is 5.49. The van der Waals surface area contributed by atoms with Crippen LogP contribution in [0.2, 0.25) is 0 Å². The fraction of sp³-hybridized carbons (Fsp3) is 0.562. The van der Waals surface area contributed by atoms with E-state index < -0.39 is 0 Å². The van der Waals surface area contributed by atoms with E-state index in [9.17, 15) is 4.79 Å². The van der Waals surface area contributed by atoms with Gasteiger partial charge in [0.1, 0.15) is 18.4 Å². The Kier molecular flexibility index (Phi) is 7.54. The smallest absolute Gasteiger partial charge is 0.310 e. The molecule has 5 heteroatoms. The van der Waals surface area contributed by atoms with Gasteiger partial charge < -0.3 is 26.8 Å². The summed E-state index contributed by atoms with van der Waals surface area (Å²) in [6.07, 6.45) is 2.90. The first-order valence-electron chi connectivity index (χ1n) is 7.33. The van der Waals surface area contributed by atoms with Gasteiger partial charge in [0.25, 0.3) is 0 Å². The van der Waals surface area contributed by atoms with Crippen molar-refractivity contribution in [2.24, 2.45) is 0 Å². The third kappa shape index (κ3) is 5.94. The van der Waals surface area contributed by atoms with Crippen molar-refractivity contribution in [3.8, 4) is 5.75 Å². The van der Waals surface area contributed by atoms with Crippen LogP contribution >= 0.6 is 0 Å². The van der Waals surface area contributed by atoms with Gasteiger partial charge in [-0.15, -0.1) is 0 Å². The maximum atomic E-state index is 11.9. The first-order valence-corrected chi connectivity index (χ1v) is 7.33. The van der Waals surface area contributed by atoms with Gasteiger partial charge in [-0.1, -0.05) is 12.1 Å². The summed E-state index contributed by atoms with van der Waals surface area (Å²) in [4.78, 5) is 13.4. The number of halogens is 1. The van der Waals surface area contributed by atoms with E-state index in [0.717, 1.165) is 17.9 Å². The van der Waals surface area contributed by atoms with Crippen molar-refractivity contribution < 1.29 is 31.6 Å². The Bertz CT molecular complexity index is 430.